The summed E-state index contributed by atoms with van der Waals surface area (Å²) in [4.78, 5) is 12.9. The summed E-state index contributed by atoms with van der Waals surface area (Å²) in [5.74, 6) is 0.302. The number of hydrogen-bond donors (Lipinski definition) is 1. The Morgan fingerprint density at radius 2 is 1.80 bits per heavy atom. The highest BCUT2D eigenvalue weighted by Crippen LogP contribution is 2.25. The number of nitrogens with one attached hydrogen (secondary N) is 1. The number of carbonyl (C=O) groups is 1. The van der Waals surface area contributed by atoms with Crippen molar-refractivity contribution in [2.45, 2.75) is 44.4 Å². The fraction of sp³-hybridized carbons (Fsp3) is 0.435. The number of nitrogens with zero attached hydrogens (tertiary/aromatic N) is 1. The highest BCUT2D eigenvalue weighted by atomic mass is 35.5. The Morgan fingerprint density at radius 3 is 2.47 bits per heavy atom. The predicted octanol–water partition coefficient (Wildman–Crippen LogP) is 4.43. The molecule has 30 heavy (non-hydrogen) atoms. The number of sulfonamides is 1. The standard InChI is InChI=1S/C23H29ClN2O3S/c1-17-11-14-26(15-12-17)30(28,29)21-10-5-18(2)22(16-21)23(27)25-13-3-4-19-6-8-20(24)9-7-19/h5-10,16-17H,3-4,11-15H2,1-2H3,(H,25,27). The van der Waals surface area contributed by atoms with Crippen molar-refractivity contribution < 1.29 is 13.2 Å². The molecule has 7 heteroatoms. The first-order valence-electron chi connectivity index (χ1n) is 10.4. The van der Waals surface area contributed by atoms with E-state index >= 15 is 0 Å². The highest BCUT2D eigenvalue weighted by molar-refractivity contribution is 7.89. The molecule has 0 radical (unpaired) electrons. The van der Waals surface area contributed by atoms with Crippen LogP contribution >= 0.6 is 11.6 Å². The van der Waals surface area contributed by atoms with Crippen molar-refractivity contribution in [3.8, 4) is 0 Å². The van der Waals surface area contributed by atoms with Crippen LogP contribution in [0, 0.1) is 12.8 Å². The van der Waals surface area contributed by atoms with E-state index in [1.54, 1.807) is 12.1 Å². The molecule has 0 saturated carbocycles. The van der Waals surface area contributed by atoms with Gasteiger partial charge >= 0.3 is 0 Å². The second-order valence-corrected chi connectivity index (χ2v) is 10.4. The van der Waals surface area contributed by atoms with Crippen molar-refractivity contribution in [2.24, 2.45) is 5.92 Å². The van der Waals surface area contributed by atoms with Crippen LogP contribution in [-0.4, -0.2) is 38.3 Å². The van der Waals surface area contributed by atoms with Gasteiger partial charge in [0.1, 0.15) is 0 Å². The molecule has 0 spiro atoms. The third kappa shape index (κ3) is 5.62. The molecule has 0 bridgehead atoms. The number of rotatable bonds is 7. The fourth-order valence-electron chi connectivity index (χ4n) is 3.62. The van der Waals surface area contributed by atoms with Crippen LogP contribution in [0.25, 0.3) is 0 Å². The Morgan fingerprint density at radius 1 is 1.13 bits per heavy atom. The third-order valence-corrected chi connectivity index (χ3v) is 7.82. The Kier molecular flexibility index (Phi) is 7.55. The molecule has 0 aromatic heterocycles. The summed E-state index contributed by atoms with van der Waals surface area (Å²) in [6.07, 6.45) is 3.35. The molecule has 0 atom stereocenters. The van der Waals surface area contributed by atoms with Gasteiger partial charge in [-0.3, -0.25) is 4.79 Å². The maximum Gasteiger partial charge on any atom is 0.251 e. The van der Waals surface area contributed by atoms with Crippen LogP contribution in [0.15, 0.2) is 47.4 Å². The second-order valence-electron chi connectivity index (χ2n) is 8.05. The zero-order valence-corrected chi connectivity index (χ0v) is 19.1. The maximum absolute atomic E-state index is 13.0. The maximum atomic E-state index is 13.0. The first-order valence-corrected chi connectivity index (χ1v) is 12.2. The highest BCUT2D eigenvalue weighted by Gasteiger charge is 2.28. The van der Waals surface area contributed by atoms with Crippen molar-refractivity contribution in [1.82, 2.24) is 9.62 Å². The Hall–Kier alpha value is -1.89. The van der Waals surface area contributed by atoms with E-state index in [4.69, 9.17) is 11.6 Å². The molecular weight excluding hydrogens is 420 g/mol. The van der Waals surface area contributed by atoms with Gasteiger partial charge in [0.25, 0.3) is 5.91 Å². The van der Waals surface area contributed by atoms with E-state index in [9.17, 15) is 13.2 Å². The first-order chi connectivity index (χ1) is 14.3. The van der Waals surface area contributed by atoms with Gasteiger partial charge in [-0.15, -0.1) is 0 Å². The second kappa shape index (κ2) is 9.94. The summed E-state index contributed by atoms with van der Waals surface area (Å²) < 4.78 is 27.5. The van der Waals surface area contributed by atoms with E-state index in [0.717, 1.165) is 36.8 Å². The van der Waals surface area contributed by atoms with E-state index in [-0.39, 0.29) is 10.8 Å². The topological polar surface area (TPSA) is 66.5 Å². The van der Waals surface area contributed by atoms with Gasteiger partial charge in [0.05, 0.1) is 4.90 Å². The third-order valence-electron chi connectivity index (χ3n) is 5.68. The molecule has 1 amide bonds. The quantitative estimate of drug-likeness (QED) is 0.637. The summed E-state index contributed by atoms with van der Waals surface area (Å²) in [5.41, 5.74) is 2.33. The van der Waals surface area contributed by atoms with Gasteiger partial charge in [-0.2, -0.15) is 4.31 Å². The van der Waals surface area contributed by atoms with E-state index in [1.807, 2.05) is 31.2 Å². The molecule has 162 valence electrons. The zero-order valence-electron chi connectivity index (χ0n) is 17.5. The molecule has 5 nitrogen and oxygen atoms in total. The van der Waals surface area contributed by atoms with Crippen LogP contribution in [0.5, 0.6) is 0 Å². The average molecular weight is 449 g/mol. The first kappa shape index (κ1) is 22.8. The molecule has 0 unspecified atom stereocenters. The average Bonchev–Trinajstić information content (AvgIpc) is 2.73. The summed E-state index contributed by atoms with van der Waals surface area (Å²) in [6, 6.07) is 12.5. The van der Waals surface area contributed by atoms with Crippen molar-refractivity contribution in [2.75, 3.05) is 19.6 Å². The molecule has 1 heterocycles. The Labute approximate surface area is 184 Å². The lowest BCUT2D eigenvalue weighted by Gasteiger charge is -2.29. The minimum Gasteiger partial charge on any atom is -0.352 e. The predicted molar refractivity (Wildman–Crippen MR) is 120 cm³/mol. The largest absolute Gasteiger partial charge is 0.352 e. The lowest BCUT2D eigenvalue weighted by molar-refractivity contribution is 0.0952. The number of piperidine rings is 1. The monoisotopic (exact) mass is 448 g/mol. The van der Waals surface area contributed by atoms with Gasteiger partial charge in [-0.05, 0) is 73.9 Å². The normalized spacial score (nSPS) is 15.8. The summed E-state index contributed by atoms with van der Waals surface area (Å²) in [5, 5.41) is 3.62. The Balaban J connectivity index is 1.62. The van der Waals surface area contributed by atoms with Crippen molar-refractivity contribution in [1.29, 1.82) is 0 Å². The van der Waals surface area contributed by atoms with Gasteiger partial charge in [0, 0.05) is 30.2 Å². The summed E-state index contributed by atoms with van der Waals surface area (Å²) in [6.45, 7) is 5.54. The lowest BCUT2D eigenvalue weighted by atomic mass is 10.0. The molecule has 0 aliphatic carbocycles. The van der Waals surface area contributed by atoms with Crippen LogP contribution in [0.4, 0.5) is 0 Å². The summed E-state index contributed by atoms with van der Waals surface area (Å²) in [7, 11) is -3.58. The van der Waals surface area contributed by atoms with E-state index in [0.29, 0.717) is 36.1 Å². The molecule has 2 aromatic carbocycles. The molecule has 1 aliphatic rings. The van der Waals surface area contributed by atoms with Gasteiger partial charge in [-0.1, -0.05) is 36.7 Å². The number of halogens is 1. The van der Waals surface area contributed by atoms with Crippen LogP contribution in [0.3, 0.4) is 0 Å². The Bertz CT molecular complexity index is 982. The van der Waals surface area contributed by atoms with Gasteiger partial charge < -0.3 is 5.32 Å². The molecule has 2 aromatic rings. The zero-order chi connectivity index (χ0) is 21.7. The number of carbonyl (C=O) groups excluding carboxylic acids is 1. The molecular formula is C23H29ClN2O3S. The van der Waals surface area contributed by atoms with E-state index in [2.05, 4.69) is 12.2 Å². The van der Waals surface area contributed by atoms with Crippen molar-refractivity contribution in [3.63, 3.8) is 0 Å². The fourth-order valence-corrected chi connectivity index (χ4v) is 5.24. The van der Waals surface area contributed by atoms with Crippen molar-refractivity contribution >= 4 is 27.5 Å². The van der Waals surface area contributed by atoms with Crippen LogP contribution < -0.4 is 5.32 Å². The van der Waals surface area contributed by atoms with E-state index < -0.39 is 10.0 Å². The van der Waals surface area contributed by atoms with Crippen molar-refractivity contribution in [3.05, 3.63) is 64.2 Å². The van der Waals surface area contributed by atoms with Crippen LogP contribution in [0.2, 0.25) is 5.02 Å². The molecule has 3 rings (SSSR count). The number of aryl methyl sites for hydroxylation is 2. The minimum atomic E-state index is -3.58. The number of amides is 1. The minimum absolute atomic E-state index is 0.189. The number of benzene rings is 2. The van der Waals surface area contributed by atoms with Gasteiger partial charge in [0.15, 0.2) is 0 Å². The molecule has 1 saturated heterocycles. The number of hydrogen-bond acceptors (Lipinski definition) is 3. The van der Waals surface area contributed by atoms with Crippen LogP contribution in [-0.2, 0) is 16.4 Å². The van der Waals surface area contributed by atoms with Gasteiger partial charge in [-0.25, -0.2) is 8.42 Å². The molecule has 1 N–H and O–H groups in total. The lowest BCUT2D eigenvalue weighted by Crippen LogP contribution is -2.38. The molecule has 1 aliphatic heterocycles. The molecule has 1 fully saturated rings. The smallest absolute Gasteiger partial charge is 0.251 e. The summed E-state index contributed by atoms with van der Waals surface area (Å²) >= 11 is 5.90. The van der Waals surface area contributed by atoms with E-state index in [1.165, 1.54) is 10.4 Å². The van der Waals surface area contributed by atoms with Gasteiger partial charge in [0.2, 0.25) is 10.0 Å². The SMILES string of the molecule is Cc1ccc(S(=O)(=O)N2CCC(C)CC2)cc1C(=O)NCCCc1ccc(Cl)cc1. The van der Waals surface area contributed by atoms with Crippen LogP contribution in [0.1, 0.15) is 47.7 Å².